The van der Waals surface area contributed by atoms with Crippen molar-refractivity contribution >= 4 is 22.4 Å². The lowest BCUT2D eigenvalue weighted by Gasteiger charge is -2.06. The first-order valence-electron chi connectivity index (χ1n) is 6.19. The summed E-state index contributed by atoms with van der Waals surface area (Å²) in [5.41, 5.74) is 7.18. The van der Waals surface area contributed by atoms with Crippen LogP contribution in [0.4, 0.5) is 5.69 Å². The van der Waals surface area contributed by atoms with E-state index in [1.54, 1.807) is 24.3 Å². The maximum Gasteiger partial charge on any atom is 0.233 e. The summed E-state index contributed by atoms with van der Waals surface area (Å²) in [5, 5.41) is 2.75. The summed E-state index contributed by atoms with van der Waals surface area (Å²) >= 11 is 0. The Morgan fingerprint density at radius 3 is 2.55 bits per heavy atom. The van der Waals surface area contributed by atoms with E-state index in [9.17, 15) is 9.00 Å². The van der Waals surface area contributed by atoms with E-state index in [1.165, 1.54) is 0 Å². The molecular weight excluding hydrogens is 272 g/mol. The Labute approximate surface area is 120 Å². The molecule has 2 aromatic carbocycles. The molecule has 1 unspecified atom stereocenters. The summed E-state index contributed by atoms with van der Waals surface area (Å²) in [6.45, 7) is 0.438. The van der Waals surface area contributed by atoms with Gasteiger partial charge in [-0.05, 0) is 23.8 Å². The van der Waals surface area contributed by atoms with Gasteiger partial charge in [0, 0.05) is 17.1 Å². The minimum Gasteiger partial charge on any atom is -0.399 e. The van der Waals surface area contributed by atoms with Crippen LogP contribution in [0.3, 0.4) is 0 Å². The van der Waals surface area contributed by atoms with E-state index in [1.807, 2.05) is 30.3 Å². The van der Waals surface area contributed by atoms with Crippen molar-refractivity contribution in [3.8, 4) is 0 Å². The molecule has 2 rings (SSSR count). The van der Waals surface area contributed by atoms with Crippen molar-refractivity contribution in [3.63, 3.8) is 0 Å². The van der Waals surface area contributed by atoms with E-state index in [4.69, 9.17) is 5.73 Å². The first kappa shape index (κ1) is 14.3. The first-order chi connectivity index (χ1) is 9.65. The first-order valence-corrected chi connectivity index (χ1v) is 7.51. The highest BCUT2D eigenvalue weighted by Crippen LogP contribution is 2.11. The number of nitrogens with one attached hydrogen (secondary N) is 1. The molecular formula is C15H16N2O2S. The second-order valence-corrected chi connectivity index (χ2v) is 5.78. The lowest BCUT2D eigenvalue weighted by Crippen LogP contribution is -2.27. The average molecular weight is 288 g/mol. The van der Waals surface area contributed by atoms with Crippen LogP contribution in [0.25, 0.3) is 0 Å². The fourth-order valence-corrected chi connectivity index (χ4v) is 2.71. The molecule has 0 fully saturated rings. The zero-order valence-corrected chi connectivity index (χ0v) is 11.7. The maximum atomic E-state index is 12.0. The smallest absolute Gasteiger partial charge is 0.233 e. The molecule has 0 aliphatic heterocycles. The zero-order valence-electron chi connectivity index (χ0n) is 10.9. The number of rotatable bonds is 5. The molecule has 0 saturated heterocycles. The van der Waals surface area contributed by atoms with Crippen LogP contribution in [-0.2, 0) is 22.1 Å². The van der Waals surface area contributed by atoms with Crippen LogP contribution in [0.15, 0.2) is 59.5 Å². The number of benzene rings is 2. The second-order valence-electron chi connectivity index (χ2n) is 4.32. The third-order valence-corrected chi connectivity index (χ3v) is 4.02. The predicted molar refractivity (Wildman–Crippen MR) is 80.4 cm³/mol. The molecule has 4 nitrogen and oxygen atoms in total. The summed E-state index contributed by atoms with van der Waals surface area (Å²) in [6.07, 6.45) is 0. The van der Waals surface area contributed by atoms with Gasteiger partial charge in [-0.3, -0.25) is 9.00 Å². The van der Waals surface area contributed by atoms with Crippen LogP contribution in [0, 0.1) is 0 Å². The van der Waals surface area contributed by atoms with Gasteiger partial charge in [0.15, 0.2) is 0 Å². The monoisotopic (exact) mass is 288 g/mol. The predicted octanol–water partition coefficient (Wildman–Crippen LogP) is 1.69. The van der Waals surface area contributed by atoms with Gasteiger partial charge in [0.05, 0.1) is 10.8 Å². The van der Waals surface area contributed by atoms with Crippen molar-refractivity contribution in [3.05, 3.63) is 60.2 Å². The van der Waals surface area contributed by atoms with Crippen molar-refractivity contribution in [2.75, 3.05) is 11.5 Å². The standard InChI is InChI=1S/C15H16N2O2S/c16-13-7-4-8-14(9-13)20(19)11-15(18)17-10-12-5-2-1-3-6-12/h1-9H,10-11,16H2,(H,17,18). The molecule has 3 N–H and O–H groups in total. The van der Waals surface area contributed by atoms with Crippen molar-refractivity contribution < 1.29 is 9.00 Å². The summed E-state index contributed by atoms with van der Waals surface area (Å²) in [5.74, 6) is -0.300. The molecule has 0 bridgehead atoms. The molecule has 0 aromatic heterocycles. The van der Waals surface area contributed by atoms with Gasteiger partial charge >= 0.3 is 0 Å². The number of hydrogen-bond acceptors (Lipinski definition) is 3. The van der Waals surface area contributed by atoms with Crippen LogP contribution in [0.2, 0.25) is 0 Å². The van der Waals surface area contributed by atoms with E-state index < -0.39 is 10.8 Å². The van der Waals surface area contributed by atoms with Gasteiger partial charge in [-0.2, -0.15) is 0 Å². The number of amides is 1. The molecule has 1 atom stereocenters. The fraction of sp³-hybridized carbons (Fsp3) is 0.133. The summed E-state index contributed by atoms with van der Waals surface area (Å²) in [6, 6.07) is 16.4. The zero-order chi connectivity index (χ0) is 14.4. The number of anilines is 1. The molecule has 0 aliphatic carbocycles. The highest BCUT2D eigenvalue weighted by Gasteiger charge is 2.10. The molecule has 20 heavy (non-hydrogen) atoms. The van der Waals surface area contributed by atoms with Crippen LogP contribution in [0.1, 0.15) is 5.56 Å². The lowest BCUT2D eigenvalue weighted by molar-refractivity contribution is -0.118. The molecule has 5 heteroatoms. The fourth-order valence-electron chi connectivity index (χ4n) is 1.71. The van der Waals surface area contributed by atoms with Gasteiger partial charge < -0.3 is 11.1 Å². The number of hydrogen-bond donors (Lipinski definition) is 2. The quantitative estimate of drug-likeness (QED) is 0.822. The molecule has 0 saturated carbocycles. The van der Waals surface area contributed by atoms with Gasteiger partial charge in [0.1, 0.15) is 5.75 Å². The Bertz CT molecular complexity index is 614. The van der Waals surface area contributed by atoms with Crippen molar-refractivity contribution in [2.24, 2.45) is 0 Å². The van der Waals surface area contributed by atoms with Gasteiger partial charge in [0.25, 0.3) is 0 Å². The Morgan fingerprint density at radius 2 is 1.85 bits per heavy atom. The molecule has 0 spiro atoms. The number of carbonyl (C=O) groups is 1. The minimum atomic E-state index is -1.37. The van der Waals surface area contributed by atoms with E-state index >= 15 is 0 Å². The lowest BCUT2D eigenvalue weighted by atomic mass is 10.2. The highest BCUT2D eigenvalue weighted by atomic mass is 32.2. The van der Waals surface area contributed by atoms with Crippen LogP contribution in [-0.4, -0.2) is 15.9 Å². The van der Waals surface area contributed by atoms with Gasteiger partial charge in [-0.25, -0.2) is 0 Å². The third-order valence-electron chi connectivity index (χ3n) is 2.72. The molecule has 104 valence electrons. The van der Waals surface area contributed by atoms with Crippen molar-refractivity contribution in [1.82, 2.24) is 5.32 Å². The van der Waals surface area contributed by atoms with Gasteiger partial charge in [-0.15, -0.1) is 0 Å². The Balaban J connectivity index is 1.87. The Kier molecular flexibility index (Phi) is 4.90. The summed E-state index contributed by atoms with van der Waals surface area (Å²) < 4.78 is 12.0. The molecule has 0 radical (unpaired) electrons. The largest absolute Gasteiger partial charge is 0.399 e. The molecule has 0 aliphatic rings. The Hall–Kier alpha value is -2.14. The average Bonchev–Trinajstić information content (AvgIpc) is 2.46. The second kappa shape index (κ2) is 6.86. The van der Waals surface area contributed by atoms with E-state index in [0.717, 1.165) is 5.56 Å². The normalized spacial score (nSPS) is 11.8. The number of carbonyl (C=O) groups excluding carboxylic acids is 1. The van der Waals surface area contributed by atoms with Gasteiger partial charge in [-0.1, -0.05) is 36.4 Å². The van der Waals surface area contributed by atoms with Gasteiger partial charge in [0.2, 0.25) is 5.91 Å². The molecule has 0 heterocycles. The molecule has 2 aromatic rings. The maximum absolute atomic E-state index is 12.0. The topological polar surface area (TPSA) is 72.2 Å². The summed E-state index contributed by atoms with van der Waals surface area (Å²) in [7, 11) is -1.37. The number of nitrogen functional groups attached to an aromatic ring is 1. The molecule has 1 amide bonds. The van der Waals surface area contributed by atoms with Crippen LogP contribution >= 0.6 is 0 Å². The highest BCUT2D eigenvalue weighted by molar-refractivity contribution is 7.85. The van der Waals surface area contributed by atoms with E-state index in [0.29, 0.717) is 17.1 Å². The van der Waals surface area contributed by atoms with Crippen molar-refractivity contribution in [2.45, 2.75) is 11.4 Å². The van der Waals surface area contributed by atoms with Crippen LogP contribution < -0.4 is 11.1 Å². The summed E-state index contributed by atoms with van der Waals surface area (Å²) in [4.78, 5) is 12.3. The van der Waals surface area contributed by atoms with Crippen molar-refractivity contribution in [1.29, 1.82) is 0 Å². The third kappa shape index (κ3) is 4.20. The van der Waals surface area contributed by atoms with Crippen LogP contribution in [0.5, 0.6) is 0 Å². The number of nitrogens with two attached hydrogens (primary N) is 1. The SMILES string of the molecule is Nc1cccc(S(=O)CC(=O)NCc2ccccc2)c1. The Morgan fingerprint density at radius 1 is 1.10 bits per heavy atom. The minimum absolute atomic E-state index is 0.0592. The van der Waals surface area contributed by atoms with E-state index in [-0.39, 0.29) is 11.7 Å². The van der Waals surface area contributed by atoms with E-state index in [2.05, 4.69) is 5.32 Å².